The number of ether oxygens (including phenoxy) is 2. The maximum Gasteiger partial charge on any atom is 0.161 e. The summed E-state index contributed by atoms with van der Waals surface area (Å²) < 4.78 is 10.5. The van der Waals surface area contributed by atoms with E-state index in [1.165, 1.54) is 0 Å². The highest BCUT2D eigenvalue weighted by Gasteiger charge is 2.12. The fourth-order valence-electron chi connectivity index (χ4n) is 1.64. The van der Waals surface area contributed by atoms with Gasteiger partial charge in [-0.25, -0.2) is 4.99 Å². The van der Waals surface area contributed by atoms with Gasteiger partial charge in [0.1, 0.15) is 6.34 Å². The summed E-state index contributed by atoms with van der Waals surface area (Å²) in [6, 6.07) is 3.83. The molecule has 1 aromatic carbocycles. The van der Waals surface area contributed by atoms with E-state index in [0.29, 0.717) is 17.4 Å². The highest BCUT2D eigenvalue weighted by Crippen LogP contribution is 2.33. The molecule has 0 unspecified atom stereocenters. The molecule has 92 valence electrons. The second-order valence-electron chi connectivity index (χ2n) is 3.90. The van der Waals surface area contributed by atoms with E-state index >= 15 is 0 Å². The van der Waals surface area contributed by atoms with Crippen molar-refractivity contribution in [3.63, 3.8) is 0 Å². The minimum absolute atomic E-state index is 0.349. The predicted molar refractivity (Wildman–Crippen MR) is 70.0 cm³/mol. The Morgan fingerprint density at radius 1 is 1.18 bits per heavy atom. The van der Waals surface area contributed by atoms with Crippen molar-refractivity contribution in [3.8, 4) is 11.5 Å². The largest absolute Gasteiger partial charge is 0.493 e. The maximum absolute atomic E-state index is 6.93. The van der Waals surface area contributed by atoms with Crippen LogP contribution in [0, 0.1) is 5.41 Å². The third-order valence-electron chi connectivity index (χ3n) is 2.50. The molecular weight excluding hydrogens is 216 g/mol. The molecule has 0 spiro atoms. The van der Waals surface area contributed by atoms with Crippen LogP contribution < -0.4 is 9.47 Å². The van der Waals surface area contributed by atoms with E-state index in [2.05, 4.69) is 18.8 Å². The molecule has 0 saturated carbocycles. The van der Waals surface area contributed by atoms with Gasteiger partial charge in [0.25, 0.3) is 0 Å². The molecule has 0 aromatic heterocycles. The van der Waals surface area contributed by atoms with Gasteiger partial charge in [0.2, 0.25) is 0 Å². The molecular formula is C13H18N2O2. The average molecular weight is 234 g/mol. The van der Waals surface area contributed by atoms with Crippen molar-refractivity contribution >= 4 is 12.6 Å². The lowest BCUT2D eigenvalue weighted by molar-refractivity contribution is 0.354. The number of rotatable bonds is 5. The SMILES string of the molecule is COc1cc(C=NC=N)c(C(C)C)cc1OC. The Balaban J connectivity index is 3.34. The van der Waals surface area contributed by atoms with Crippen LogP contribution in [0.1, 0.15) is 30.9 Å². The Morgan fingerprint density at radius 2 is 1.76 bits per heavy atom. The van der Waals surface area contributed by atoms with Crippen LogP contribution in [-0.4, -0.2) is 26.8 Å². The fraction of sp³-hybridized carbons (Fsp3) is 0.385. The van der Waals surface area contributed by atoms with Crippen molar-refractivity contribution in [1.82, 2.24) is 0 Å². The summed E-state index contributed by atoms with van der Waals surface area (Å²) in [5.41, 5.74) is 2.06. The minimum atomic E-state index is 0.349. The van der Waals surface area contributed by atoms with E-state index in [1.54, 1.807) is 20.4 Å². The molecule has 17 heavy (non-hydrogen) atoms. The number of benzene rings is 1. The lowest BCUT2D eigenvalue weighted by Gasteiger charge is -2.14. The van der Waals surface area contributed by atoms with Gasteiger partial charge in [-0.15, -0.1) is 0 Å². The molecule has 0 heterocycles. The van der Waals surface area contributed by atoms with Crippen molar-refractivity contribution in [3.05, 3.63) is 23.3 Å². The zero-order valence-electron chi connectivity index (χ0n) is 10.7. The summed E-state index contributed by atoms with van der Waals surface area (Å²) in [7, 11) is 3.22. The lowest BCUT2D eigenvalue weighted by Crippen LogP contribution is -2.00. The third-order valence-corrected chi connectivity index (χ3v) is 2.50. The maximum atomic E-state index is 6.93. The predicted octanol–water partition coefficient (Wildman–Crippen LogP) is 2.85. The molecule has 4 heteroatoms. The van der Waals surface area contributed by atoms with Gasteiger partial charge in [0.05, 0.1) is 14.2 Å². The average Bonchev–Trinajstić information content (AvgIpc) is 2.34. The highest BCUT2D eigenvalue weighted by atomic mass is 16.5. The van der Waals surface area contributed by atoms with E-state index in [9.17, 15) is 0 Å². The van der Waals surface area contributed by atoms with E-state index < -0.39 is 0 Å². The molecule has 4 nitrogen and oxygen atoms in total. The van der Waals surface area contributed by atoms with E-state index in [4.69, 9.17) is 14.9 Å². The topological polar surface area (TPSA) is 54.7 Å². The second kappa shape index (κ2) is 6.03. The number of nitrogens with one attached hydrogen (secondary N) is 1. The molecule has 0 aliphatic carbocycles. The first-order valence-electron chi connectivity index (χ1n) is 5.42. The van der Waals surface area contributed by atoms with Crippen molar-refractivity contribution in [2.45, 2.75) is 19.8 Å². The molecule has 1 rings (SSSR count). The summed E-state index contributed by atoms with van der Waals surface area (Å²) in [4.78, 5) is 3.84. The van der Waals surface area contributed by atoms with Crippen molar-refractivity contribution < 1.29 is 9.47 Å². The Morgan fingerprint density at radius 3 is 2.24 bits per heavy atom. The summed E-state index contributed by atoms with van der Waals surface area (Å²) in [5, 5.41) is 6.93. The van der Waals surface area contributed by atoms with Gasteiger partial charge in [-0.2, -0.15) is 0 Å². The van der Waals surface area contributed by atoms with Crippen LogP contribution in [0.25, 0.3) is 0 Å². The minimum Gasteiger partial charge on any atom is -0.493 e. The quantitative estimate of drug-likeness (QED) is 0.629. The summed E-state index contributed by atoms with van der Waals surface area (Å²) >= 11 is 0. The van der Waals surface area contributed by atoms with Gasteiger partial charge in [-0.3, -0.25) is 5.41 Å². The first kappa shape index (κ1) is 13.2. The molecule has 0 fully saturated rings. The molecule has 0 atom stereocenters. The smallest absolute Gasteiger partial charge is 0.161 e. The standard InChI is InChI=1S/C13H18N2O2/c1-9(2)11-6-13(17-4)12(16-3)5-10(11)7-15-8-14/h5-9,14H,1-4H3. The van der Waals surface area contributed by atoms with Gasteiger partial charge in [0, 0.05) is 11.8 Å². The first-order valence-corrected chi connectivity index (χ1v) is 5.42. The van der Waals surface area contributed by atoms with Crippen LogP contribution in [0.4, 0.5) is 0 Å². The molecule has 0 aliphatic heterocycles. The molecule has 0 radical (unpaired) electrons. The van der Waals surface area contributed by atoms with E-state index in [1.807, 2.05) is 12.1 Å². The second-order valence-corrected chi connectivity index (χ2v) is 3.90. The van der Waals surface area contributed by atoms with Crippen LogP contribution in [0.2, 0.25) is 0 Å². The molecule has 0 saturated heterocycles. The van der Waals surface area contributed by atoms with Gasteiger partial charge >= 0.3 is 0 Å². The summed E-state index contributed by atoms with van der Waals surface area (Å²) in [6.45, 7) is 4.20. The van der Waals surface area contributed by atoms with Crippen molar-refractivity contribution in [2.24, 2.45) is 4.99 Å². The monoisotopic (exact) mass is 234 g/mol. The Labute approximate surface area is 102 Å². The zero-order chi connectivity index (χ0) is 12.8. The Hall–Kier alpha value is -1.84. The molecule has 0 bridgehead atoms. The number of aliphatic imine (C=N–C) groups is 1. The third kappa shape index (κ3) is 3.06. The number of methoxy groups -OCH3 is 2. The highest BCUT2D eigenvalue weighted by molar-refractivity contribution is 5.88. The Kier molecular flexibility index (Phi) is 4.69. The van der Waals surface area contributed by atoms with Gasteiger partial charge < -0.3 is 9.47 Å². The van der Waals surface area contributed by atoms with Crippen molar-refractivity contribution in [2.75, 3.05) is 14.2 Å². The molecule has 1 aromatic rings. The van der Waals surface area contributed by atoms with Crippen LogP contribution in [0.15, 0.2) is 17.1 Å². The van der Waals surface area contributed by atoms with E-state index in [-0.39, 0.29) is 0 Å². The first-order chi connectivity index (χ1) is 8.13. The number of hydrogen-bond donors (Lipinski definition) is 1. The zero-order valence-corrected chi connectivity index (χ0v) is 10.7. The van der Waals surface area contributed by atoms with Crippen LogP contribution in [0.5, 0.6) is 11.5 Å². The molecule has 0 aliphatic rings. The van der Waals surface area contributed by atoms with Gasteiger partial charge in [-0.1, -0.05) is 13.8 Å². The van der Waals surface area contributed by atoms with Crippen molar-refractivity contribution in [1.29, 1.82) is 5.41 Å². The summed E-state index contributed by atoms with van der Waals surface area (Å²) in [5.74, 6) is 1.73. The number of nitrogens with zero attached hydrogens (tertiary/aromatic N) is 1. The lowest BCUT2D eigenvalue weighted by atomic mass is 9.97. The normalized spacial score (nSPS) is 10.9. The number of hydrogen-bond acceptors (Lipinski definition) is 3. The van der Waals surface area contributed by atoms with Gasteiger partial charge in [-0.05, 0) is 23.6 Å². The Bertz CT molecular complexity index is 426. The van der Waals surface area contributed by atoms with Gasteiger partial charge in [0.15, 0.2) is 11.5 Å². The molecule has 0 amide bonds. The summed E-state index contributed by atoms with van der Waals surface area (Å²) in [6.07, 6.45) is 2.67. The fourth-order valence-corrected chi connectivity index (χ4v) is 1.64. The van der Waals surface area contributed by atoms with Crippen LogP contribution >= 0.6 is 0 Å². The van der Waals surface area contributed by atoms with Crippen LogP contribution in [-0.2, 0) is 0 Å². The van der Waals surface area contributed by atoms with Crippen LogP contribution in [0.3, 0.4) is 0 Å². The van der Waals surface area contributed by atoms with E-state index in [0.717, 1.165) is 17.5 Å². The molecule has 1 N–H and O–H groups in total.